The molecule has 0 amide bonds. The number of anilines is 1. The molecule has 0 aliphatic heterocycles. The number of ether oxygens (including phenoxy) is 4. The number of aromatic nitrogens is 1. The van der Waals surface area contributed by atoms with E-state index < -0.39 is 5.97 Å². The predicted molar refractivity (Wildman–Crippen MR) is 115 cm³/mol. The monoisotopic (exact) mass is 419 g/mol. The van der Waals surface area contributed by atoms with Crippen molar-refractivity contribution in [2.75, 3.05) is 33.9 Å². The van der Waals surface area contributed by atoms with E-state index in [1.165, 1.54) is 21.3 Å². The van der Waals surface area contributed by atoms with Crippen LogP contribution in [0.15, 0.2) is 48.5 Å². The molecule has 0 saturated carbocycles. The van der Waals surface area contributed by atoms with Gasteiger partial charge in [-0.25, -0.2) is 9.78 Å². The average Bonchev–Trinajstić information content (AvgIpc) is 2.81. The van der Waals surface area contributed by atoms with E-state index in [0.29, 0.717) is 33.9 Å². The Morgan fingerprint density at radius 3 is 2.52 bits per heavy atom. The van der Waals surface area contributed by atoms with E-state index in [2.05, 4.69) is 11.1 Å². The Morgan fingerprint density at radius 1 is 1.06 bits per heavy atom. The molecule has 158 valence electrons. The Kier molecular flexibility index (Phi) is 6.70. The Balaban J connectivity index is 2.21. The Labute approximate surface area is 179 Å². The molecule has 0 saturated heterocycles. The number of methoxy groups -OCH3 is 3. The van der Waals surface area contributed by atoms with Crippen LogP contribution in [0.1, 0.15) is 15.9 Å². The van der Waals surface area contributed by atoms with Crippen LogP contribution >= 0.6 is 0 Å². The smallest absolute Gasteiger partial charge is 0.341 e. The fraction of sp³-hybridized carbons (Fsp3) is 0.174. The number of carbonyl (C=O) groups is 1. The van der Waals surface area contributed by atoms with E-state index in [4.69, 9.17) is 24.7 Å². The fourth-order valence-electron chi connectivity index (χ4n) is 3.12. The van der Waals surface area contributed by atoms with E-state index in [0.717, 1.165) is 0 Å². The second kappa shape index (κ2) is 9.61. The number of benzene rings is 2. The van der Waals surface area contributed by atoms with Crippen molar-refractivity contribution in [2.24, 2.45) is 0 Å². The third-order valence-corrected chi connectivity index (χ3v) is 4.57. The van der Waals surface area contributed by atoms with Crippen LogP contribution in [-0.4, -0.2) is 39.1 Å². The molecule has 8 heteroatoms. The minimum absolute atomic E-state index is 0.0620. The molecule has 31 heavy (non-hydrogen) atoms. The molecule has 0 radical (unpaired) electrons. The lowest BCUT2D eigenvalue weighted by Crippen LogP contribution is -2.05. The summed E-state index contributed by atoms with van der Waals surface area (Å²) in [6.07, 6.45) is 0. The topological polar surface area (TPSA) is 117 Å². The molecule has 2 N–H and O–H groups in total. The molecule has 2 aromatic carbocycles. The van der Waals surface area contributed by atoms with Gasteiger partial charge in [-0.05, 0) is 35.9 Å². The number of hydrogen-bond acceptors (Lipinski definition) is 8. The minimum Gasteiger partial charge on any atom is -0.496 e. The highest BCUT2D eigenvalue weighted by Gasteiger charge is 2.19. The summed E-state index contributed by atoms with van der Waals surface area (Å²) in [6, 6.07) is 16.1. The molecule has 0 atom stereocenters. The van der Waals surface area contributed by atoms with Crippen molar-refractivity contribution < 1.29 is 23.7 Å². The molecule has 0 aliphatic carbocycles. The van der Waals surface area contributed by atoms with Crippen LogP contribution < -0.4 is 15.2 Å². The van der Waals surface area contributed by atoms with Crippen LogP contribution in [-0.2, 0) is 9.47 Å². The van der Waals surface area contributed by atoms with Crippen molar-refractivity contribution >= 4 is 11.8 Å². The number of rotatable bonds is 7. The number of nitrogens with zero attached hydrogens (tertiary/aromatic N) is 2. The van der Waals surface area contributed by atoms with Crippen LogP contribution in [0.3, 0.4) is 0 Å². The van der Waals surface area contributed by atoms with Gasteiger partial charge in [0.05, 0.1) is 19.9 Å². The number of carbonyl (C=O) groups excluding carboxylic acids is 1. The third-order valence-electron chi connectivity index (χ3n) is 4.57. The number of para-hydroxylation sites is 1. The number of nitriles is 1. The lowest BCUT2D eigenvalue weighted by Gasteiger charge is -2.14. The molecular formula is C23H21N3O5. The third kappa shape index (κ3) is 4.42. The fourth-order valence-corrected chi connectivity index (χ4v) is 3.12. The summed E-state index contributed by atoms with van der Waals surface area (Å²) in [7, 11) is 4.28. The van der Waals surface area contributed by atoms with E-state index in [-0.39, 0.29) is 23.7 Å². The van der Waals surface area contributed by atoms with E-state index in [1.807, 2.05) is 18.2 Å². The van der Waals surface area contributed by atoms with Crippen LogP contribution in [0.25, 0.3) is 22.4 Å². The molecule has 1 aromatic heterocycles. The van der Waals surface area contributed by atoms with Gasteiger partial charge in [0.1, 0.15) is 34.5 Å². The number of esters is 1. The highest BCUT2D eigenvalue weighted by atomic mass is 16.7. The standard InChI is InChI=1S/C23H21N3O5/c1-28-13-31-21-7-5-4-6-15(21)19-11-16(18(12-24)22(25)26-19)14-8-9-20(29-2)17(10-14)23(27)30-3/h4-11H,13H2,1-3H3,(H2,25,26). The highest BCUT2D eigenvalue weighted by molar-refractivity contribution is 5.95. The molecule has 1 heterocycles. The molecule has 0 bridgehead atoms. The summed E-state index contributed by atoms with van der Waals surface area (Å²) in [5, 5.41) is 9.69. The first kappa shape index (κ1) is 21.6. The highest BCUT2D eigenvalue weighted by Crippen LogP contribution is 2.36. The summed E-state index contributed by atoms with van der Waals surface area (Å²) < 4.78 is 20.7. The summed E-state index contributed by atoms with van der Waals surface area (Å²) in [6.45, 7) is 0.0661. The summed E-state index contributed by atoms with van der Waals surface area (Å²) in [5.74, 6) is 0.413. The van der Waals surface area contributed by atoms with Gasteiger partial charge >= 0.3 is 5.97 Å². The van der Waals surface area contributed by atoms with Crippen LogP contribution in [0.2, 0.25) is 0 Å². The first-order chi connectivity index (χ1) is 15.0. The predicted octanol–water partition coefficient (Wildman–Crippen LogP) is 3.65. The van der Waals surface area contributed by atoms with Gasteiger partial charge in [-0.1, -0.05) is 18.2 Å². The Morgan fingerprint density at radius 2 is 1.84 bits per heavy atom. The maximum atomic E-state index is 12.2. The number of pyridine rings is 1. The zero-order valence-corrected chi connectivity index (χ0v) is 17.3. The Bertz CT molecular complexity index is 1150. The lowest BCUT2D eigenvalue weighted by atomic mass is 9.96. The summed E-state index contributed by atoms with van der Waals surface area (Å²) in [4.78, 5) is 16.6. The molecular weight excluding hydrogens is 398 g/mol. The molecule has 8 nitrogen and oxygen atoms in total. The quantitative estimate of drug-likeness (QED) is 0.456. The van der Waals surface area contributed by atoms with Crippen molar-refractivity contribution in [2.45, 2.75) is 0 Å². The largest absolute Gasteiger partial charge is 0.496 e. The van der Waals surface area contributed by atoms with E-state index in [9.17, 15) is 10.1 Å². The van der Waals surface area contributed by atoms with Gasteiger partial charge in [0, 0.05) is 18.2 Å². The minimum atomic E-state index is -0.558. The second-order valence-electron chi connectivity index (χ2n) is 6.38. The molecule has 3 rings (SSSR count). The molecule has 0 fully saturated rings. The van der Waals surface area contributed by atoms with Crippen molar-refractivity contribution in [1.82, 2.24) is 4.98 Å². The van der Waals surface area contributed by atoms with Crippen molar-refractivity contribution in [3.63, 3.8) is 0 Å². The average molecular weight is 419 g/mol. The van der Waals surface area contributed by atoms with Crippen LogP contribution in [0.5, 0.6) is 11.5 Å². The SMILES string of the molecule is COCOc1ccccc1-c1cc(-c2ccc(OC)c(C(=O)OC)c2)c(C#N)c(N)n1. The maximum Gasteiger partial charge on any atom is 0.341 e. The van der Waals surface area contributed by atoms with Crippen molar-refractivity contribution in [1.29, 1.82) is 5.26 Å². The molecule has 0 spiro atoms. The van der Waals surface area contributed by atoms with Crippen LogP contribution in [0, 0.1) is 11.3 Å². The number of nitrogen functional groups attached to an aromatic ring is 1. The van der Waals surface area contributed by atoms with Gasteiger partial charge < -0.3 is 24.7 Å². The van der Waals surface area contributed by atoms with Gasteiger partial charge in [0.15, 0.2) is 6.79 Å². The van der Waals surface area contributed by atoms with E-state index >= 15 is 0 Å². The zero-order chi connectivity index (χ0) is 22.4. The van der Waals surface area contributed by atoms with Crippen molar-refractivity contribution in [3.8, 4) is 40.0 Å². The molecule has 0 aliphatic rings. The number of hydrogen-bond donors (Lipinski definition) is 1. The number of nitrogens with two attached hydrogens (primary N) is 1. The second-order valence-corrected chi connectivity index (χ2v) is 6.38. The van der Waals surface area contributed by atoms with Gasteiger partial charge in [-0.15, -0.1) is 0 Å². The summed E-state index contributed by atoms with van der Waals surface area (Å²) in [5.41, 5.74) is 8.83. The van der Waals surface area contributed by atoms with Gasteiger partial charge in [-0.2, -0.15) is 5.26 Å². The molecule has 0 unspecified atom stereocenters. The van der Waals surface area contributed by atoms with E-state index in [1.54, 1.807) is 30.3 Å². The van der Waals surface area contributed by atoms with Gasteiger partial charge in [0.2, 0.25) is 0 Å². The van der Waals surface area contributed by atoms with Crippen molar-refractivity contribution in [3.05, 3.63) is 59.7 Å². The van der Waals surface area contributed by atoms with Crippen LogP contribution in [0.4, 0.5) is 5.82 Å². The maximum absolute atomic E-state index is 12.2. The van der Waals surface area contributed by atoms with Gasteiger partial charge in [-0.3, -0.25) is 0 Å². The summed E-state index contributed by atoms with van der Waals surface area (Å²) >= 11 is 0. The lowest BCUT2D eigenvalue weighted by molar-refractivity contribution is 0.0515. The first-order valence-electron chi connectivity index (χ1n) is 9.22. The first-order valence-corrected chi connectivity index (χ1v) is 9.22. The van der Waals surface area contributed by atoms with Gasteiger partial charge in [0.25, 0.3) is 0 Å². The Hall–Kier alpha value is -4.09. The zero-order valence-electron chi connectivity index (χ0n) is 17.3. The molecule has 3 aromatic rings. The normalized spacial score (nSPS) is 10.3.